The number of fused-ring (bicyclic) bond motifs is 1. The number of hydrogen-bond acceptors (Lipinski definition) is 3. The third-order valence-corrected chi connectivity index (χ3v) is 5.45. The highest BCUT2D eigenvalue weighted by Gasteiger charge is 2.26. The van der Waals surface area contributed by atoms with E-state index in [0.29, 0.717) is 36.5 Å². The van der Waals surface area contributed by atoms with Crippen molar-refractivity contribution in [2.24, 2.45) is 0 Å². The summed E-state index contributed by atoms with van der Waals surface area (Å²) in [5.74, 6) is 0.452. The van der Waals surface area contributed by atoms with Crippen molar-refractivity contribution in [3.8, 4) is 5.75 Å². The Morgan fingerprint density at radius 3 is 2.53 bits per heavy atom. The second-order valence-electron chi connectivity index (χ2n) is 7.11. The third kappa shape index (κ3) is 4.89. The van der Waals surface area contributed by atoms with E-state index in [1.165, 1.54) is 0 Å². The minimum Gasteiger partial charge on any atom is -0.482 e. The molecule has 0 radical (unpaired) electrons. The van der Waals surface area contributed by atoms with Gasteiger partial charge in [-0.3, -0.25) is 9.59 Å². The van der Waals surface area contributed by atoms with Gasteiger partial charge in [-0.2, -0.15) is 0 Å². The van der Waals surface area contributed by atoms with Crippen molar-refractivity contribution in [1.82, 2.24) is 0 Å². The van der Waals surface area contributed by atoms with Crippen LogP contribution < -0.4 is 15.0 Å². The number of carbonyl (C=O) groups is 2. The Bertz CT molecular complexity index is 1050. The Labute approximate surface area is 183 Å². The van der Waals surface area contributed by atoms with Gasteiger partial charge in [-0.25, -0.2) is 0 Å². The van der Waals surface area contributed by atoms with E-state index in [1.54, 1.807) is 23.1 Å². The molecule has 0 unspecified atom stereocenters. The molecule has 1 aliphatic rings. The van der Waals surface area contributed by atoms with Crippen molar-refractivity contribution in [2.75, 3.05) is 16.8 Å². The van der Waals surface area contributed by atoms with Crippen molar-refractivity contribution < 1.29 is 14.3 Å². The second-order valence-corrected chi connectivity index (χ2v) is 8.03. The van der Waals surface area contributed by atoms with E-state index < -0.39 is 0 Å². The predicted molar refractivity (Wildman–Crippen MR) is 121 cm³/mol. The number of hydrogen-bond donors (Lipinski definition) is 1. The van der Waals surface area contributed by atoms with Crippen LogP contribution in [-0.4, -0.2) is 18.4 Å². The molecule has 0 spiro atoms. The Morgan fingerprint density at radius 2 is 1.77 bits per heavy atom. The first-order chi connectivity index (χ1) is 14.6. The number of benzene rings is 3. The molecule has 3 aromatic rings. The average molecular weight is 465 g/mol. The number of halogens is 1. The van der Waals surface area contributed by atoms with E-state index >= 15 is 0 Å². The fourth-order valence-electron chi connectivity index (χ4n) is 3.35. The Kier molecular flexibility index (Phi) is 6.14. The number of carbonyl (C=O) groups excluding carboxylic acids is 2. The number of nitrogens with zero attached hydrogens (tertiary/aromatic N) is 1. The molecule has 0 saturated heterocycles. The maximum Gasteiger partial charge on any atom is 0.265 e. The van der Waals surface area contributed by atoms with Gasteiger partial charge in [0, 0.05) is 16.6 Å². The van der Waals surface area contributed by atoms with E-state index in [4.69, 9.17) is 4.74 Å². The van der Waals surface area contributed by atoms with Crippen molar-refractivity contribution in [3.63, 3.8) is 0 Å². The van der Waals surface area contributed by atoms with Crippen LogP contribution in [0, 0.1) is 0 Å². The van der Waals surface area contributed by atoms with Crippen LogP contribution in [0.15, 0.2) is 77.3 Å². The molecule has 0 aromatic heterocycles. The van der Waals surface area contributed by atoms with Crippen LogP contribution in [0.2, 0.25) is 0 Å². The maximum atomic E-state index is 12.5. The van der Waals surface area contributed by atoms with Crippen LogP contribution in [0.4, 0.5) is 11.4 Å². The lowest BCUT2D eigenvalue weighted by molar-refractivity contribution is -0.121. The molecule has 0 bridgehead atoms. The molecule has 0 fully saturated rings. The fourth-order valence-corrected chi connectivity index (χ4v) is 3.62. The topological polar surface area (TPSA) is 58.6 Å². The summed E-state index contributed by atoms with van der Waals surface area (Å²) in [6.45, 7) is 0.445. The Balaban J connectivity index is 1.47. The summed E-state index contributed by atoms with van der Waals surface area (Å²) in [5, 5.41) is 2.93. The standard InChI is InChI=1S/C24H21BrN2O3/c25-19-9-6-18(7-10-19)15-27-21-14-20(11-12-22(21)30-16-24(27)29)26-23(28)13-8-17-4-2-1-3-5-17/h1-7,9-12,14H,8,13,15-16H2,(H,26,28). The SMILES string of the molecule is O=C(CCc1ccccc1)Nc1ccc2c(c1)N(Cc1ccc(Br)cc1)C(=O)CO2. The molecule has 1 aliphatic heterocycles. The Hall–Kier alpha value is -3.12. The first-order valence-electron chi connectivity index (χ1n) is 9.74. The van der Waals surface area contributed by atoms with Crippen LogP contribution in [0.25, 0.3) is 0 Å². The third-order valence-electron chi connectivity index (χ3n) is 4.92. The number of anilines is 2. The van der Waals surface area contributed by atoms with Gasteiger partial charge in [0.25, 0.3) is 5.91 Å². The van der Waals surface area contributed by atoms with Gasteiger partial charge in [-0.1, -0.05) is 58.4 Å². The second kappa shape index (κ2) is 9.13. The number of aryl methyl sites for hydroxylation is 1. The molecular weight excluding hydrogens is 444 g/mol. The molecule has 3 aromatic carbocycles. The van der Waals surface area contributed by atoms with Crippen molar-refractivity contribution in [1.29, 1.82) is 0 Å². The fraction of sp³-hybridized carbons (Fsp3) is 0.167. The van der Waals surface area contributed by atoms with Gasteiger partial charge >= 0.3 is 0 Å². The van der Waals surface area contributed by atoms with Crippen LogP contribution in [-0.2, 0) is 22.6 Å². The molecule has 0 atom stereocenters. The van der Waals surface area contributed by atoms with E-state index in [-0.39, 0.29) is 18.4 Å². The zero-order valence-corrected chi connectivity index (χ0v) is 17.9. The summed E-state index contributed by atoms with van der Waals surface area (Å²) in [6.07, 6.45) is 1.06. The molecule has 5 nitrogen and oxygen atoms in total. The van der Waals surface area contributed by atoms with Crippen LogP contribution >= 0.6 is 15.9 Å². The molecule has 0 aliphatic carbocycles. The largest absolute Gasteiger partial charge is 0.482 e. The van der Waals surface area contributed by atoms with Gasteiger partial charge in [-0.15, -0.1) is 0 Å². The summed E-state index contributed by atoms with van der Waals surface area (Å²) in [7, 11) is 0. The highest BCUT2D eigenvalue weighted by molar-refractivity contribution is 9.10. The minimum absolute atomic E-state index is 0.00626. The lowest BCUT2D eigenvalue weighted by atomic mass is 10.1. The monoisotopic (exact) mass is 464 g/mol. The van der Waals surface area contributed by atoms with Gasteiger partial charge in [0.1, 0.15) is 5.75 Å². The van der Waals surface area contributed by atoms with E-state index in [0.717, 1.165) is 15.6 Å². The lowest BCUT2D eigenvalue weighted by Crippen LogP contribution is -2.38. The normalized spacial score (nSPS) is 12.8. The summed E-state index contributed by atoms with van der Waals surface area (Å²) >= 11 is 3.43. The predicted octanol–water partition coefficient (Wildman–Crippen LogP) is 4.95. The average Bonchev–Trinajstić information content (AvgIpc) is 2.76. The number of rotatable bonds is 6. The maximum absolute atomic E-state index is 12.5. The van der Waals surface area contributed by atoms with Crippen LogP contribution in [0.3, 0.4) is 0 Å². The summed E-state index contributed by atoms with van der Waals surface area (Å²) < 4.78 is 6.56. The minimum atomic E-state index is -0.113. The number of amides is 2. The molecule has 152 valence electrons. The molecule has 2 amide bonds. The van der Waals surface area contributed by atoms with E-state index in [1.807, 2.05) is 54.6 Å². The van der Waals surface area contributed by atoms with Gasteiger partial charge in [0.2, 0.25) is 5.91 Å². The summed E-state index contributed by atoms with van der Waals surface area (Å²) in [4.78, 5) is 26.6. The van der Waals surface area contributed by atoms with Crippen LogP contribution in [0.1, 0.15) is 17.5 Å². The first kappa shape index (κ1) is 20.2. The van der Waals surface area contributed by atoms with Gasteiger partial charge in [-0.05, 0) is 47.9 Å². The molecular formula is C24H21BrN2O3. The van der Waals surface area contributed by atoms with Gasteiger partial charge in [0.15, 0.2) is 6.61 Å². The lowest BCUT2D eigenvalue weighted by Gasteiger charge is -2.30. The van der Waals surface area contributed by atoms with Crippen molar-refractivity contribution in [2.45, 2.75) is 19.4 Å². The summed E-state index contributed by atoms with van der Waals surface area (Å²) in [6, 6.07) is 23.1. The molecule has 30 heavy (non-hydrogen) atoms. The highest BCUT2D eigenvalue weighted by atomic mass is 79.9. The molecule has 6 heteroatoms. The van der Waals surface area contributed by atoms with E-state index in [2.05, 4.69) is 21.2 Å². The van der Waals surface area contributed by atoms with Gasteiger partial charge < -0.3 is 15.0 Å². The molecule has 0 saturated carbocycles. The van der Waals surface area contributed by atoms with Crippen molar-refractivity contribution >= 4 is 39.1 Å². The van der Waals surface area contributed by atoms with Gasteiger partial charge in [0.05, 0.1) is 12.2 Å². The van der Waals surface area contributed by atoms with E-state index in [9.17, 15) is 9.59 Å². The Morgan fingerprint density at radius 1 is 1.00 bits per heavy atom. The summed E-state index contributed by atoms with van der Waals surface area (Å²) in [5.41, 5.74) is 3.44. The zero-order valence-electron chi connectivity index (χ0n) is 16.3. The molecule has 1 heterocycles. The first-order valence-corrected chi connectivity index (χ1v) is 10.5. The highest BCUT2D eigenvalue weighted by Crippen LogP contribution is 2.35. The number of ether oxygens (including phenoxy) is 1. The number of nitrogens with one attached hydrogen (secondary N) is 1. The van der Waals surface area contributed by atoms with Crippen molar-refractivity contribution in [3.05, 3.63) is 88.4 Å². The van der Waals surface area contributed by atoms with Crippen LogP contribution in [0.5, 0.6) is 5.75 Å². The smallest absolute Gasteiger partial charge is 0.265 e. The molecule has 1 N–H and O–H groups in total. The zero-order chi connectivity index (χ0) is 20.9. The molecule has 4 rings (SSSR count). The quantitative estimate of drug-likeness (QED) is 0.561.